The third-order valence-electron chi connectivity index (χ3n) is 12.7. The molecule has 0 aliphatic heterocycles. The maximum Gasteiger partial charge on any atom is 0.135 e. The van der Waals surface area contributed by atoms with Gasteiger partial charge in [-0.1, -0.05) is 202 Å². The molecule has 1 heterocycles. The molecule has 0 radical (unpaired) electrons. The van der Waals surface area contributed by atoms with Crippen LogP contribution < -0.4 is 4.90 Å². The van der Waals surface area contributed by atoms with Gasteiger partial charge in [0.05, 0.1) is 0 Å². The van der Waals surface area contributed by atoms with Gasteiger partial charge in [0.2, 0.25) is 0 Å². The van der Waals surface area contributed by atoms with Crippen molar-refractivity contribution in [1.29, 1.82) is 0 Å². The first-order valence-corrected chi connectivity index (χ1v) is 23.3. The van der Waals surface area contributed by atoms with Gasteiger partial charge in [-0.2, -0.15) is 0 Å². The first-order valence-electron chi connectivity index (χ1n) is 23.3. The monoisotopic (exact) mass is 859 g/mol. The van der Waals surface area contributed by atoms with Gasteiger partial charge in [0, 0.05) is 27.8 Å². The molecule has 0 spiro atoms. The summed E-state index contributed by atoms with van der Waals surface area (Å²) < 4.78 is 6.14. The molecule has 0 atom stereocenters. The molecule has 0 saturated carbocycles. The van der Waals surface area contributed by atoms with E-state index >= 15 is 0 Å². The first kappa shape index (κ1) is 41.3. The van der Waals surface area contributed by atoms with Crippen molar-refractivity contribution in [2.24, 2.45) is 0 Å². The predicted molar refractivity (Wildman–Crippen MR) is 287 cm³/mol. The second-order valence-corrected chi connectivity index (χ2v) is 17.2. The lowest BCUT2D eigenvalue weighted by Gasteiger charge is -2.26. The van der Waals surface area contributed by atoms with Crippen LogP contribution in [-0.4, -0.2) is 0 Å². The third kappa shape index (κ3) is 8.15. The molecular weight excluding hydrogens is 811 g/mol. The van der Waals surface area contributed by atoms with Crippen LogP contribution in [0.2, 0.25) is 0 Å². The van der Waals surface area contributed by atoms with E-state index in [0.29, 0.717) is 0 Å². The van der Waals surface area contributed by atoms with E-state index in [1.54, 1.807) is 0 Å². The van der Waals surface area contributed by atoms with Crippen molar-refractivity contribution in [2.75, 3.05) is 4.90 Å². The second-order valence-electron chi connectivity index (χ2n) is 17.2. The van der Waals surface area contributed by atoms with Crippen LogP contribution in [0.25, 0.3) is 99.1 Å². The molecule has 0 fully saturated rings. The highest BCUT2D eigenvalue weighted by Gasteiger charge is 2.16. The molecule has 0 aliphatic carbocycles. The molecule has 320 valence electrons. The van der Waals surface area contributed by atoms with Crippen molar-refractivity contribution in [3.05, 3.63) is 249 Å². The Labute approximate surface area is 392 Å². The van der Waals surface area contributed by atoms with Crippen molar-refractivity contribution in [1.82, 2.24) is 0 Å². The van der Waals surface area contributed by atoms with Crippen molar-refractivity contribution in [3.8, 4) is 55.6 Å². The smallest absolute Gasteiger partial charge is 0.135 e. The molecule has 0 saturated heterocycles. The number of furan rings is 1. The maximum atomic E-state index is 6.14. The minimum atomic E-state index is 0.903. The molecule has 0 N–H and O–H groups in total. The SMILES string of the molecule is CCC.c1cc(-c2ccc(N(c3ccc(-c4cccc(-c5cccc6ccccc56)c4)cc3)c3ccc(-c4ccc5oc6ccccc6c5c4)cc3)cc2)cc(-c2cccc3ccccc23)c1. The quantitative estimate of drug-likeness (QED) is 0.151. The minimum Gasteiger partial charge on any atom is -0.456 e. The number of hydrogen-bond donors (Lipinski definition) is 0. The fraction of sp³-hybridized carbons (Fsp3) is 0.0462. The molecule has 0 amide bonds. The van der Waals surface area contributed by atoms with Crippen molar-refractivity contribution in [2.45, 2.75) is 20.3 Å². The zero-order valence-electron chi connectivity index (χ0n) is 37.7. The highest BCUT2D eigenvalue weighted by molar-refractivity contribution is 6.06. The number of hydrogen-bond acceptors (Lipinski definition) is 2. The van der Waals surface area contributed by atoms with Crippen LogP contribution in [0.15, 0.2) is 253 Å². The normalized spacial score (nSPS) is 11.2. The fourth-order valence-electron chi connectivity index (χ4n) is 9.45. The number of rotatable bonds is 8. The number of nitrogens with zero attached hydrogens (tertiary/aromatic N) is 1. The van der Waals surface area contributed by atoms with E-state index in [1.165, 1.54) is 72.5 Å². The van der Waals surface area contributed by atoms with E-state index in [0.717, 1.165) is 50.1 Å². The zero-order valence-corrected chi connectivity index (χ0v) is 37.7. The standard InChI is InChI=1S/C62H41NO.C3H8/c1-3-19-55-45(11-1)13-9-22-57(55)50-17-7-15-47(39-50)42-25-32-52(33-26-42)63(54-36-29-44(30-37-54)49-31-38-62-60(41-49)59-21-5-6-24-61(59)64-62)53-34-27-43(28-35-53)48-16-8-18-51(40-48)58-23-10-14-46-12-2-4-20-56(46)58;1-3-2/h1-41H;3H2,1-2H3. The van der Waals surface area contributed by atoms with Gasteiger partial charge < -0.3 is 9.32 Å². The average Bonchev–Trinajstić information content (AvgIpc) is 3.77. The Morgan fingerprint density at radius 1 is 0.284 bits per heavy atom. The fourth-order valence-corrected chi connectivity index (χ4v) is 9.45. The van der Waals surface area contributed by atoms with Crippen molar-refractivity contribution in [3.63, 3.8) is 0 Å². The summed E-state index contributed by atoms with van der Waals surface area (Å²) in [5, 5.41) is 7.28. The summed E-state index contributed by atoms with van der Waals surface area (Å²) in [4.78, 5) is 2.35. The summed E-state index contributed by atoms with van der Waals surface area (Å²) in [6.07, 6.45) is 1.25. The third-order valence-corrected chi connectivity index (χ3v) is 12.7. The van der Waals surface area contributed by atoms with E-state index in [4.69, 9.17) is 4.42 Å². The Hall–Kier alpha value is -8.46. The molecular formula is C65H49NO. The maximum absolute atomic E-state index is 6.14. The molecule has 0 aliphatic rings. The van der Waals surface area contributed by atoms with Gasteiger partial charge in [-0.3, -0.25) is 0 Å². The van der Waals surface area contributed by atoms with Gasteiger partial charge in [-0.05, 0) is 144 Å². The molecule has 67 heavy (non-hydrogen) atoms. The number of anilines is 3. The van der Waals surface area contributed by atoms with E-state index < -0.39 is 0 Å². The summed E-state index contributed by atoms with van der Waals surface area (Å²) in [6, 6.07) is 89.7. The number of benzene rings is 11. The molecule has 2 heteroatoms. The largest absolute Gasteiger partial charge is 0.456 e. The van der Waals surface area contributed by atoms with Crippen LogP contribution in [0, 0.1) is 0 Å². The Kier molecular flexibility index (Phi) is 11.2. The topological polar surface area (TPSA) is 16.4 Å². The van der Waals surface area contributed by atoms with Crippen LogP contribution >= 0.6 is 0 Å². The van der Waals surface area contributed by atoms with Gasteiger partial charge in [-0.15, -0.1) is 0 Å². The molecule has 12 aromatic rings. The Balaban J connectivity index is 0.00000161. The highest BCUT2D eigenvalue weighted by Crippen LogP contribution is 2.40. The molecule has 2 nitrogen and oxygen atoms in total. The lowest BCUT2D eigenvalue weighted by molar-refractivity contribution is 0.669. The lowest BCUT2D eigenvalue weighted by atomic mass is 9.95. The van der Waals surface area contributed by atoms with E-state index in [2.05, 4.69) is 255 Å². The van der Waals surface area contributed by atoms with Gasteiger partial charge >= 0.3 is 0 Å². The van der Waals surface area contributed by atoms with Crippen LogP contribution in [0.3, 0.4) is 0 Å². The first-order chi connectivity index (χ1) is 33.1. The van der Waals surface area contributed by atoms with Gasteiger partial charge in [0.15, 0.2) is 0 Å². The van der Waals surface area contributed by atoms with E-state index in [-0.39, 0.29) is 0 Å². The Morgan fingerprint density at radius 3 is 1.13 bits per heavy atom. The van der Waals surface area contributed by atoms with Crippen LogP contribution in [-0.2, 0) is 0 Å². The van der Waals surface area contributed by atoms with Gasteiger partial charge in [0.25, 0.3) is 0 Å². The summed E-state index contributed by atoms with van der Waals surface area (Å²) >= 11 is 0. The molecule has 0 unspecified atom stereocenters. The summed E-state index contributed by atoms with van der Waals surface area (Å²) in [5.74, 6) is 0. The van der Waals surface area contributed by atoms with Crippen LogP contribution in [0.1, 0.15) is 20.3 Å². The van der Waals surface area contributed by atoms with Crippen molar-refractivity contribution >= 4 is 60.5 Å². The zero-order chi connectivity index (χ0) is 45.1. The predicted octanol–water partition coefficient (Wildman–Crippen LogP) is 19.1. The van der Waals surface area contributed by atoms with Gasteiger partial charge in [0.1, 0.15) is 11.2 Å². The highest BCUT2D eigenvalue weighted by atomic mass is 16.3. The van der Waals surface area contributed by atoms with E-state index in [1.807, 2.05) is 12.1 Å². The average molecular weight is 860 g/mol. The van der Waals surface area contributed by atoms with E-state index in [9.17, 15) is 0 Å². The van der Waals surface area contributed by atoms with Crippen LogP contribution in [0.4, 0.5) is 17.1 Å². The Bertz CT molecular complexity index is 3500. The van der Waals surface area contributed by atoms with Gasteiger partial charge in [-0.25, -0.2) is 0 Å². The van der Waals surface area contributed by atoms with Crippen molar-refractivity contribution < 1.29 is 4.42 Å². The number of fused-ring (bicyclic) bond motifs is 5. The molecule has 12 rings (SSSR count). The number of para-hydroxylation sites is 1. The second kappa shape index (κ2) is 18.2. The molecule has 0 bridgehead atoms. The lowest BCUT2D eigenvalue weighted by Crippen LogP contribution is -2.09. The summed E-state index contributed by atoms with van der Waals surface area (Å²) in [7, 11) is 0. The minimum absolute atomic E-state index is 0.903. The molecule has 1 aromatic heterocycles. The summed E-state index contributed by atoms with van der Waals surface area (Å²) in [6.45, 7) is 4.25. The summed E-state index contributed by atoms with van der Waals surface area (Å²) in [5.41, 5.74) is 17.0. The molecule has 11 aromatic carbocycles. The van der Waals surface area contributed by atoms with Crippen LogP contribution in [0.5, 0.6) is 0 Å². The Morgan fingerprint density at radius 2 is 0.642 bits per heavy atom.